The van der Waals surface area contributed by atoms with Crippen LogP contribution in [0.1, 0.15) is 106 Å². The van der Waals surface area contributed by atoms with Gasteiger partial charge < -0.3 is 97.5 Å². The number of rotatable bonds is 49. The van der Waals surface area contributed by atoms with E-state index in [0.717, 1.165) is 27.4 Å². The van der Waals surface area contributed by atoms with E-state index in [1.807, 2.05) is 20.0 Å². The van der Waals surface area contributed by atoms with E-state index in [9.17, 15) is 48.6 Å². The fourth-order valence-corrected chi connectivity index (χ4v) is 11.8. The molecule has 6 atom stereocenters. The van der Waals surface area contributed by atoms with Gasteiger partial charge in [-0.15, -0.1) is 0 Å². The number of hydrogen-bond donors (Lipinski definition) is 6. The molecule has 0 radical (unpaired) electrons. The minimum atomic E-state index is -1.53. The maximum absolute atomic E-state index is 14.3. The van der Waals surface area contributed by atoms with Crippen molar-refractivity contribution in [2.24, 2.45) is 10.9 Å². The molecular formula is C75H103N9O23. The largest absolute Gasteiger partial charge is 0.493 e. The van der Waals surface area contributed by atoms with Crippen molar-refractivity contribution in [2.75, 3.05) is 156 Å². The van der Waals surface area contributed by atoms with Gasteiger partial charge in [0.25, 0.3) is 23.6 Å². The van der Waals surface area contributed by atoms with Gasteiger partial charge in [-0.05, 0) is 88.6 Å². The number of aliphatic imine (C=N–C) groups is 1. The number of methoxy groups -OCH3 is 2. The number of unbranched alkanes of at least 4 members (excludes halogenated alkanes) is 2. The number of fused-ring (bicyclic) bond motifs is 4. The Hall–Kier alpha value is -8.93. The molecule has 3 aromatic rings. The van der Waals surface area contributed by atoms with Crippen molar-refractivity contribution in [3.05, 3.63) is 101 Å². The molecule has 8 rings (SSSR count). The maximum Gasteiger partial charge on any atom is 0.416 e. The number of carbonyl (C=O) groups is 8. The minimum absolute atomic E-state index is 0.0132. The molecule has 107 heavy (non-hydrogen) atoms. The molecule has 6 N–H and O–H groups in total. The van der Waals surface area contributed by atoms with Crippen molar-refractivity contribution in [2.45, 2.75) is 123 Å². The molecule has 8 amide bonds. The van der Waals surface area contributed by atoms with Crippen LogP contribution in [0.25, 0.3) is 0 Å². The summed E-state index contributed by atoms with van der Waals surface area (Å²) in [5.74, 6) is -1.81. The number of benzene rings is 3. The number of aliphatic hydroxyl groups is 2. The monoisotopic (exact) mass is 1500 g/mol. The molecule has 0 saturated heterocycles. The van der Waals surface area contributed by atoms with Crippen LogP contribution in [0.15, 0.2) is 89.2 Å². The van der Waals surface area contributed by atoms with Crippen LogP contribution >= 0.6 is 0 Å². The number of nitrogens with zero attached hydrogens (tertiary/aromatic N) is 5. The highest BCUT2D eigenvalue weighted by molar-refractivity contribution is 6.13. The summed E-state index contributed by atoms with van der Waals surface area (Å²) in [5, 5.41) is 33.0. The van der Waals surface area contributed by atoms with E-state index in [4.69, 9.17) is 61.6 Å². The van der Waals surface area contributed by atoms with Crippen LogP contribution in [0.3, 0.4) is 0 Å². The molecular weight excluding hydrogens is 1390 g/mol. The van der Waals surface area contributed by atoms with Crippen molar-refractivity contribution in [1.82, 2.24) is 30.7 Å². The van der Waals surface area contributed by atoms with Crippen molar-refractivity contribution in [1.29, 1.82) is 0 Å². The van der Waals surface area contributed by atoms with E-state index in [2.05, 4.69) is 26.3 Å². The quantitative estimate of drug-likeness (QED) is 0.0243. The van der Waals surface area contributed by atoms with Crippen LogP contribution in [-0.2, 0) is 73.2 Å². The molecule has 5 aliphatic rings. The Kier molecular flexibility index (Phi) is 34.2. The van der Waals surface area contributed by atoms with Crippen molar-refractivity contribution >= 4 is 70.7 Å². The van der Waals surface area contributed by atoms with Gasteiger partial charge in [-0.1, -0.05) is 37.1 Å². The number of amides is 8. The Labute approximate surface area is 623 Å². The fraction of sp³-hybridized carbons (Fsp3) is 0.560. The fourth-order valence-electron chi connectivity index (χ4n) is 11.8. The number of hydrogen-bond acceptors (Lipinski definition) is 25. The predicted molar refractivity (Wildman–Crippen MR) is 389 cm³/mol. The number of imide groups is 1. The molecule has 5 aliphatic heterocycles. The van der Waals surface area contributed by atoms with Crippen molar-refractivity contribution in [3.8, 4) is 23.0 Å². The summed E-state index contributed by atoms with van der Waals surface area (Å²) in [6.45, 7) is 15.3. The summed E-state index contributed by atoms with van der Waals surface area (Å²) >= 11 is 0. The topological polar surface area (TPSA) is 370 Å². The third-order valence-electron chi connectivity index (χ3n) is 17.6. The van der Waals surface area contributed by atoms with E-state index < -0.39 is 60.3 Å². The molecule has 0 saturated carbocycles. The number of nitrogens with one attached hydrogen (secondary N) is 4. The highest BCUT2D eigenvalue weighted by Crippen LogP contribution is 2.43. The second kappa shape index (κ2) is 43.8. The van der Waals surface area contributed by atoms with Crippen LogP contribution < -0.4 is 45.1 Å². The molecule has 586 valence electrons. The zero-order valence-corrected chi connectivity index (χ0v) is 62.0. The first-order chi connectivity index (χ1) is 51.7. The summed E-state index contributed by atoms with van der Waals surface area (Å²) < 4.78 is 73.6. The molecule has 3 aromatic carbocycles. The van der Waals surface area contributed by atoms with Gasteiger partial charge in [0.15, 0.2) is 29.2 Å². The SMILES string of the molecule is COc1cc2c(cc1OCCCCCOc1cc3c(cc1OC)C(=O)N1C=C(C)CC1C(O)N3C(=O)OCc1ccc(NC(=O)C(C)NC(=O)C(NC(=O)CCOCCOCCOCCOCCOCCOCCOCCOCCNC(O)CCN3C(=O)C=CC3=O)C(C)C)cc1)N=CC1CC(C)=CN1C2=O. The summed E-state index contributed by atoms with van der Waals surface area (Å²) in [4.78, 5) is 115. The van der Waals surface area contributed by atoms with Gasteiger partial charge in [-0.25, -0.2) is 9.69 Å². The molecule has 0 bridgehead atoms. The van der Waals surface area contributed by atoms with Gasteiger partial charge in [-0.3, -0.25) is 48.8 Å². The van der Waals surface area contributed by atoms with Gasteiger partial charge >= 0.3 is 6.09 Å². The number of carbonyl (C=O) groups excluding carboxylic acids is 8. The van der Waals surface area contributed by atoms with Gasteiger partial charge in [0.05, 0.1) is 168 Å². The average molecular weight is 1500 g/mol. The standard InChI is InChI=1S/C75H103N9O23/c1-49(2)69(80-66(86)18-23-97-25-27-99-29-31-101-33-35-103-37-38-104-36-34-102-32-30-100-28-26-98-24-19-76-65(85)17-20-81-67(87)15-16-68(81)88)71(90)78-52(5)70(89)79-54-13-11-53(12-14-54)48-107-75(94)84-59-44-64(62(96-7)42-57(59)73(92)83-47-51(4)40-60(83)74(84)93)106-22-10-8-9-21-105-63-43-58-56(41-61(63)95-6)72(91)82-46-50(3)39-55(82)45-77-58/h11-16,41-47,49,52,55,60,65,69,74,76,85,93H,8-10,17-40,48H2,1-7H3,(H,78,90)(H,79,89)(H,80,86). The summed E-state index contributed by atoms with van der Waals surface area (Å²) in [7, 11) is 2.96. The van der Waals surface area contributed by atoms with Gasteiger partial charge in [0.1, 0.15) is 24.9 Å². The van der Waals surface area contributed by atoms with Crippen molar-refractivity contribution in [3.63, 3.8) is 0 Å². The van der Waals surface area contributed by atoms with E-state index in [1.165, 1.54) is 50.3 Å². The summed E-state index contributed by atoms with van der Waals surface area (Å²) in [6, 6.07) is 9.94. The molecule has 0 aromatic heterocycles. The second-order valence-electron chi connectivity index (χ2n) is 26.1. The number of ether oxygens (including phenoxy) is 13. The van der Waals surface area contributed by atoms with Crippen LogP contribution in [0.5, 0.6) is 23.0 Å². The summed E-state index contributed by atoms with van der Waals surface area (Å²) in [5.41, 5.74) is 3.92. The predicted octanol–water partition coefficient (Wildman–Crippen LogP) is 5.09. The van der Waals surface area contributed by atoms with Crippen LogP contribution in [-0.4, -0.2) is 261 Å². The van der Waals surface area contributed by atoms with Crippen molar-refractivity contribution < 1.29 is 110 Å². The Bertz CT molecular complexity index is 3570. The zero-order valence-electron chi connectivity index (χ0n) is 62.0. The molecule has 0 fully saturated rings. The molecule has 0 aliphatic carbocycles. The Morgan fingerprint density at radius 3 is 1.69 bits per heavy atom. The molecule has 5 heterocycles. The van der Waals surface area contributed by atoms with Gasteiger partial charge in [-0.2, -0.15) is 0 Å². The third-order valence-corrected chi connectivity index (χ3v) is 17.6. The molecule has 32 heteroatoms. The smallest absolute Gasteiger partial charge is 0.416 e. The average Bonchev–Trinajstić information content (AvgIpc) is 1.63. The maximum atomic E-state index is 14.3. The number of anilines is 2. The first-order valence-corrected chi connectivity index (χ1v) is 36.2. The normalized spacial score (nSPS) is 17.4. The lowest BCUT2D eigenvalue weighted by Crippen LogP contribution is -2.53. The summed E-state index contributed by atoms with van der Waals surface area (Å²) in [6.07, 6.45) is 7.54. The Morgan fingerprint density at radius 1 is 0.598 bits per heavy atom. The second-order valence-corrected chi connectivity index (χ2v) is 26.1. The highest BCUT2D eigenvalue weighted by Gasteiger charge is 2.45. The Balaban J connectivity index is 0.649. The number of aliphatic hydroxyl groups excluding tert-OH is 2. The van der Waals surface area contributed by atoms with E-state index in [-0.39, 0.29) is 105 Å². The molecule has 6 unspecified atom stereocenters. The highest BCUT2D eigenvalue weighted by atomic mass is 16.6. The lowest BCUT2D eigenvalue weighted by Gasteiger charge is -2.31. The minimum Gasteiger partial charge on any atom is -0.493 e. The van der Waals surface area contributed by atoms with Crippen LogP contribution in [0.2, 0.25) is 0 Å². The van der Waals surface area contributed by atoms with Gasteiger partial charge in [0, 0.05) is 74.5 Å². The molecule has 0 spiro atoms. The first kappa shape index (κ1) is 83.7. The first-order valence-electron chi connectivity index (χ1n) is 36.2. The van der Waals surface area contributed by atoms with E-state index >= 15 is 0 Å². The lowest BCUT2D eigenvalue weighted by molar-refractivity contribution is -0.137. The van der Waals surface area contributed by atoms with E-state index in [1.54, 1.807) is 67.6 Å². The Morgan fingerprint density at radius 2 is 1.12 bits per heavy atom. The van der Waals surface area contributed by atoms with E-state index in [0.29, 0.717) is 159 Å². The van der Waals surface area contributed by atoms with Crippen LogP contribution in [0.4, 0.5) is 21.9 Å². The zero-order chi connectivity index (χ0) is 76.6. The van der Waals surface area contributed by atoms with Crippen LogP contribution in [0, 0.1) is 5.92 Å². The van der Waals surface area contributed by atoms with Gasteiger partial charge in [0.2, 0.25) is 17.7 Å². The lowest BCUT2D eigenvalue weighted by atomic mass is 10.0. The third kappa shape index (κ3) is 25.6. The molecule has 32 nitrogen and oxygen atoms in total.